The topological polar surface area (TPSA) is 65.0 Å². The Hall–Kier alpha value is -3.09. The summed E-state index contributed by atoms with van der Waals surface area (Å²) in [5.41, 5.74) is -0.518. The number of hydrogen-bond acceptors (Lipinski definition) is 4. The van der Waals surface area contributed by atoms with E-state index in [-0.39, 0.29) is 5.04 Å². The summed E-state index contributed by atoms with van der Waals surface area (Å²) in [6, 6.07) is 26.4. The van der Waals surface area contributed by atoms with Gasteiger partial charge in [-0.2, -0.15) is 0 Å². The molecule has 0 atom stereocenters. The number of hydrogen-bond donors (Lipinski definition) is 1. The van der Waals surface area contributed by atoms with Crippen LogP contribution in [-0.2, 0) is 15.8 Å². The SMILES string of the molecule is COc1ccc(CO[Si](c2ccccc2)(c2ccccc2)C(C)(C)C)cc1OC(C)(C)C(=O)O. The molecule has 0 fully saturated rings. The van der Waals surface area contributed by atoms with Gasteiger partial charge in [0.25, 0.3) is 8.32 Å². The molecule has 0 saturated heterocycles. The molecular formula is C28H34O5Si. The summed E-state index contributed by atoms with van der Waals surface area (Å²) in [6.45, 7) is 10.1. The Morgan fingerprint density at radius 3 is 1.79 bits per heavy atom. The number of carbonyl (C=O) groups is 1. The molecule has 0 bridgehead atoms. The molecule has 3 rings (SSSR count). The maximum Gasteiger partial charge on any atom is 0.347 e. The maximum absolute atomic E-state index is 11.6. The number of carboxylic acids is 1. The van der Waals surface area contributed by atoms with Crippen LogP contribution in [0.3, 0.4) is 0 Å². The lowest BCUT2D eigenvalue weighted by atomic mass is 10.1. The molecule has 0 aliphatic carbocycles. The summed E-state index contributed by atoms with van der Waals surface area (Å²) in [7, 11) is -1.17. The van der Waals surface area contributed by atoms with E-state index in [1.54, 1.807) is 12.1 Å². The Bertz CT molecular complexity index is 1070. The highest BCUT2D eigenvalue weighted by molar-refractivity contribution is 6.99. The standard InChI is InChI=1S/C28H34O5Si/c1-27(2,3)34(22-13-9-7-10-14-22,23-15-11-8-12-16-23)32-20-21-17-18-24(31-6)25(19-21)33-28(4,5)26(29)30/h7-19H,20H2,1-6H3,(H,29,30). The Morgan fingerprint density at radius 2 is 1.35 bits per heavy atom. The first kappa shape index (κ1) is 25.5. The lowest BCUT2D eigenvalue weighted by Gasteiger charge is -2.43. The zero-order valence-corrected chi connectivity index (χ0v) is 21.8. The highest BCUT2D eigenvalue weighted by Gasteiger charge is 2.50. The zero-order chi connectivity index (χ0) is 25.0. The smallest absolute Gasteiger partial charge is 0.347 e. The van der Waals surface area contributed by atoms with Crippen molar-refractivity contribution < 1.29 is 23.8 Å². The summed E-state index contributed by atoms with van der Waals surface area (Å²) in [6.07, 6.45) is 0. The largest absolute Gasteiger partial charge is 0.493 e. The van der Waals surface area contributed by atoms with Crippen LogP contribution in [0.15, 0.2) is 78.9 Å². The van der Waals surface area contributed by atoms with Crippen molar-refractivity contribution in [1.29, 1.82) is 0 Å². The van der Waals surface area contributed by atoms with E-state index in [2.05, 4.69) is 69.3 Å². The zero-order valence-electron chi connectivity index (χ0n) is 20.8. The molecule has 3 aromatic carbocycles. The van der Waals surface area contributed by atoms with Crippen LogP contribution in [-0.4, -0.2) is 32.1 Å². The monoisotopic (exact) mass is 478 g/mol. The van der Waals surface area contributed by atoms with Gasteiger partial charge >= 0.3 is 5.97 Å². The fourth-order valence-corrected chi connectivity index (χ4v) is 8.70. The molecule has 0 radical (unpaired) electrons. The van der Waals surface area contributed by atoms with Gasteiger partial charge in [0.15, 0.2) is 17.1 Å². The van der Waals surface area contributed by atoms with Gasteiger partial charge in [-0.3, -0.25) is 0 Å². The van der Waals surface area contributed by atoms with Gasteiger partial charge < -0.3 is 19.0 Å². The number of carboxylic acid groups (broad SMARTS) is 1. The molecular weight excluding hydrogens is 444 g/mol. The van der Waals surface area contributed by atoms with Crippen LogP contribution in [0.4, 0.5) is 0 Å². The van der Waals surface area contributed by atoms with Crippen LogP contribution in [0.5, 0.6) is 11.5 Å². The van der Waals surface area contributed by atoms with Crippen molar-refractivity contribution in [2.75, 3.05) is 7.11 Å². The van der Waals surface area contributed by atoms with E-state index in [1.165, 1.54) is 31.3 Å². The second-order valence-electron chi connectivity index (χ2n) is 9.85. The molecule has 0 aliphatic rings. The Labute approximate surface area is 203 Å². The van der Waals surface area contributed by atoms with E-state index in [0.717, 1.165) is 5.56 Å². The molecule has 0 aromatic heterocycles. The van der Waals surface area contributed by atoms with Gasteiger partial charge in [0.05, 0.1) is 13.7 Å². The lowest BCUT2D eigenvalue weighted by Crippen LogP contribution is -2.66. The normalized spacial score (nSPS) is 12.3. The van der Waals surface area contributed by atoms with Gasteiger partial charge in [-0.1, -0.05) is 87.5 Å². The van der Waals surface area contributed by atoms with Gasteiger partial charge in [0.1, 0.15) is 0 Å². The number of benzene rings is 3. The minimum absolute atomic E-state index is 0.146. The molecule has 5 nitrogen and oxygen atoms in total. The van der Waals surface area contributed by atoms with Gasteiger partial charge in [-0.25, -0.2) is 4.79 Å². The number of rotatable bonds is 9. The van der Waals surface area contributed by atoms with E-state index in [1.807, 2.05) is 18.2 Å². The van der Waals surface area contributed by atoms with Crippen molar-refractivity contribution >= 4 is 24.7 Å². The molecule has 0 amide bonds. The molecule has 6 heteroatoms. The van der Waals surface area contributed by atoms with E-state index in [0.29, 0.717) is 18.1 Å². The summed E-state index contributed by atoms with van der Waals surface area (Å²) >= 11 is 0. The van der Waals surface area contributed by atoms with Crippen molar-refractivity contribution in [1.82, 2.24) is 0 Å². The maximum atomic E-state index is 11.6. The number of aliphatic carboxylic acids is 1. The predicted molar refractivity (Wildman–Crippen MR) is 138 cm³/mol. The van der Waals surface area contributed by atoms with Crippen molar-refractivity contribution in [3.8, 4) is 11.5 Å². The summed E-state index contributed by atoms with van der Waals surface area (Å²) in [5, 5.41) is 11.8. The third kappa shape index (κ3) is 5.18. The van der Waals surface area contributed by atoms with Crippen molar-refractivity contribution in [3.63, 3.8) is 0 Å². The van der Waals surface area contributed by atoms with E-state index in [9.17, 15) is 9.90 Å². The third-order valence-electron chi connectivity index (χ3n) is 5.98. The Kier molecular flexibility index (Phi) is 7.53. The van der Waals surface area contributed by atoms with Crippen molar-refractivity contribution in [3.05, 3.63) is 84.4 Å². The minimum atomic E-state index is -2.70. The van der Waals surface area contributed by atoms with Gasteiger partial charge in [-0.05, 0) is 47.0 Å². The van der Waals surface area contributed by atoms with Crippen LogP contribution in [0, 0.1) is 0 Å². The highest BCUT2D eigenvalue weighted by atomic mass is 28.4. The van der Waals surface area contributed by atoms with Crippen molar-refractivity contribution in [2.24, 2.45) is 0 Å². The molecule has 0 saturated carbocycles. The van der Waals surface area contributed by atoms with Crippen molar-refractivity contribution in [2.45, 2.75) is 51.9 Å². The predicted octanol–water partition coefficient (Wildman–Crippen LogP) is 5.01. The fraction of sp³-hybridized carbons (Fsp3) is 0.321. The fourth-order valence-electron chi connectivity index (χ4n) is 4.16. The quantitative estimate of drug-likeness (QED) is 0.438. The van der Waals surface area contributed by atoms with Crippen LogP contribution in [0.1, 0.15) is 40.2 Å². The first-order valence-electron chi connectivity index (χ1n) is 11.4. The second-order valence-corrected chi connectivity index (χ2v) is 14.2. The number of ether oxygens (including phenoxy) is 2. The molecule has 0 heterocycles. The average Bonchev–Trinajstić information content (AvgIpc) is 2.80. The average molecular weight is 479 g/mol. The first-order chi connectivity index (χ1) is 16.0. The molecule has 0 spiro atoms. The van der Waals surface area contributed by atoms with Crippen LogP contribution < -0.4 is 19.8 Å². The van der Waals surface area contributed by atoms with Crippen LogP contribution in [0.25, 0.3) is 0 Å². The first-order valence-corrected chi connectivity index (χ1v) is 13.3. The van der Waals surface area contributed by atoms with E-state index in [4.69, 9.17) is 13.9 Å². The molecule has 3 aromatic rings. The molecule has 0 unspecified atom stereocenters. The molecule has 34 heavy (non-hydrogen) atoms. The minimum Gasteiger partial charge on any atom is -0.493 e. The van der Waals surface area contributed by atoms with Crippen LogP contribution >= 0.6 is 0 Å². The third-order valence-corrected chi connectivity index (χ3v) is 11.0. The lowest BCUT2D eigenvalue weighted by molar-refractivity contribution is -0.152. The Balaban J connectivity index is 2.04. The van der Waals surface area contributed by atoms with Gasteiger partial charge in [-0.15, -0.1) is 0 Å². The van der Waals surface area contributed by atoms with Crippen LogP contribution in [0.2, 0.25) is 5.04 Å². The van der Waals surface area contributed by atoms with Gasteiger partial charge in [0, 0.05) is 0 Å². The summed E-state index contributed by atoms with van der Waals surface area (Å²) < 4.78 is 18.2. The highest BCUT2D eigenvalue weighted by Crippen LogP contribution is 2.38. The second kappa shape index (κ2) is 10.0. The van der Waals surface area contributed by atoms with E-state index >= 15 is 0 Å². The Morgan fingerprint density at radius 1 is 0.824 bits per heavy atom. The molecule has 1 N–H and O–H groups in total. The molecule has 180 valence electrons. The molecule has 0 aliphatic heterocycles. The van der Waals surface area contributed by atoms with Gasteiger partial charge in [0.2, 0.25) is 0 Å². The summed E-state index contributed by atoms with van der Waals surface area (Å²) in [4.78, 5) is 11.6. The van der Waals surface area contributed by atoms with E-state index < -0.39 is 19.9 Å². The number of methoxy groups -OCH3 is 1. The summed E-state index contributed by atoms with van der Waals surface area (Å²) in [5.74, 6) is -0.203.